The van der Waals surface area contributed by atoms with Gasteiger partial charge < -0.3 is 14.2 Å². The van der Waals surface area contributed by atoms with E-state index in [2.05, 4.69) is 4.98 Å². The van der Waals surface area contributed by atoms with Crippen molar-refractivity contribution in [3.05, 3.63) is 27.7 Å². The molecule has 0 bridgehead atoms. The zero-order chi connectivity index (χ0) is 16.8. The maximum absolute atomic E-state index is 14.4. The second kappa shape index (κ2) is 6.32. The Morgan fingerprint density at radius 2 is 2.21 bits per heavy atom. The molecule has 2 aromatic rings. The van der Waals surface area contributed by atoms with Crippen molar-refractivity contribution in [2.75, 3.05) is 23.1 Å². The third kappa shape index (κ3) is 2.65. The Balaban J connectivity index is 1.78. The normalized spacial score (nSPS) is 19.9. The van der Waals surface area contributed by atoms with Crippen LogP contribution in [0.3, 0.4) is 0 Å². The number of hydrogen-bond acceptors (Lipinski definition) is 4. The fraction of sp³-hybridized carbons (Fsp3) is 0.400. The van der Waals surface area contributed by atoms with Gasteiger partial charge in [-0.2, -0.15) is 0 Å². The zero-order valence-corrected chi connectivity index (χ0v) is 15.4. The molecule has 1 saturated heterocycles. The van der Waals surface area contributed by atoms with E-state index in [4.69, 9.17) is 4.74 Å². The van der Waals surface area contributed by atoms with Crippen molar-refractivity contribution in [2.24, 2.45) is 0 Å². The number of nitrogens with zero attached hydrogens (tertiary/aromatic N) is 3. The van der Waals surface area contributed by atoms with Gasteiger partial charge in [0.25, 0.3) is 6.43 Å². The molecule has 128 valence electrons. The lowest BCUT2D eigenvalue weighted by molar-refractivity contribution is 0.124. The van der Waals surface area contributed by atoms with E-state index in [0.29, 0.717) is 45.6 Å². The van der Waals surface area contributed by atoms with Gasteiger partial charge in [-0.25, -0.2) is 18.2 Å². The van der Waals surface area contributed by atoms with Gasteiger partial charge in [-0.1, -0.05) is 0 Å². The van der Waals surface area contributed by atoms with Crippen LogP contribution in [0.25, 0.3) is 11.4 Å². The number of halogens is 4. The van der Waals surface area contributed by atoms with E-state index in [1.165, 1.54) is 11.8 Å². The number of anilines is 1. The van der Waals surface area contributed by atoms with Crippen LogP contribution >= 0.6 is 34.4 Å². The fourth-order valence-electron chi connectivity index (χ4n) is 2.92. The lowest BCUT2D eigenvalue weighted by atomic mass is 10.2. The summed E-state index contributed by atoms with van der Waals surface area (Å²) < 4.78 is 48.6. The minimum absolute atomic E-state index is 0.180. The van der Waals surface area contributed by atoms with Gasteiger partial charge >= 0.3 is 0 Å². The van der Waals surface area contributed by atoms with Gasteiger partial charge in [-0.05, 0) is 34.7 Å². The SMILES string of the molecule is Fc1c(I)ccc2c1OCCn1cc(N3CSC[C@H]3C(F)F)nc1-2. The molecule has 0 aliphatic carbocycles. The molecule has 1 aromatic carbocycles. The average molecular weight is 467 g/mol. The minimum Gasteiger partial charge on any atom is -0.488 e. The maximum atomic E-state index is 14.4. The Labute approximate surface area is 154 Å². The largest absolute Gasteiger partial charge is 0.488 e. The van der Waals surface area contributed by atoms with Crippen molar-refractivity contribution in [1.29, 1.82) is 0 Å². The van der Waals surface area contributed by atoms with Gasteiger partial charge in [0, 0.05) is 11.9 Å². The maximum Gasteiger partial charge on any atom is 0.259 e. The second-order valence-corrected chi connectivity index (χ2v) is 7.74. The molecule has 4 rings (SSSR count). The third-order valence-corrected chi connectivity index (χ3v) is 6.01. The smallest absolute Gasteiger partial charge is 0.259 e. The molecule has 0 N–H and O–H groups in total. The number of imidazole rings is 1. The van der Waals surface area contributed by atoms with Gasteiger partial charge in [-0.3, -0.25) is 0 Å². The molecule has 0 saturated carbocycles. The number of aromatic nitrogens is 2. The molecule has 1 aromatic heterocycles. The van der Waals surface area contributed by atoms with E-state index < -0.39 is 18.3 Å². The van der Waals surface area contributed by atoms with Crippen LogP contribution in [0, 0.1) is 9.39 Å². The average Bonchev–Trinajstić information content (AvgIpc) is 3.15. The first kappa shape index (κ1) is 16.4. The highest BCUT2D eigenvalue weighted by Crippen LogP contribution is 2.38. The number of benzene rings is 1. The number of thioether (sulfide) groups is 1. The first-order chi connectivity index (χ1) is 11.6. The Hall–Kier alpha value is -1.10. The van der Waals surface area contributed by atoms with Crippen LogP contribution in [-0.2, 0) is 6.54 Å². The molecular weight excluding hydrogens is 454 g/mol. The Bertz CT molecular complexity index is 786. The van der Waals surface area contributed by atoms with E-state index in [0.717, 1.165) is 0 Å². The zero-order valence-electron chi connectivity index (χ0n) is 12.4. The topological polar surface area (TPSA) is 30.3 Å². The van der Waals surface area contributed by atoms with E-state index in [1.54, 1.807) is 23.2 Å². The molecule has 0 unspecified atom stereocenters. The summed E-state index contributed by atoms with van der Waals surface area (Å²) in [5.41, 5.74) is 0.553. The predicted octanol–water partition coefficient (Wildman–Crippen LogP) is 3.83. The van der Waals surface area contributed by atoms with Crippen LogP contribution in [0.4, 0.5) is 19.0 Å². The molecule has 1 fully saturated rings. The van der Waals surface area contributed by atoms with Crippen LogP contribution in [-0.4, -0.2) is 40.3 Å². The van der Waals surface area contributed by atoms with Crippen molar-refractivity contribution in [3.8, 4) is 17.1 Å². The molecule has 0 spiro atoms. The second-order valence-electron chi connectivity index (χ2n) is 5.57. The number of rotatable bonds is 2. The van der Waals surface area contributed by atoms with Crippen molar-refractivity contribution in [3.63, 3.8) is 0 Å². The number of alkyl halides is 2. The summed E-state index contributed by atoms with van der Waals surface area (Å²) in [5.74, 6) is 1.69. The van der Waals surface area contributed by atoms with Crippen molar-refractivity contribution in [1.82, 2.24) is 9.55 Å². The van der Waals surface area contributed by atoms with Gasteiger partial charge in [0.1, 0.15) is 24.3 Å². The highest BCUT2D eigenvalue weighted by molar-refractivity contribution is 14.1. The van der Waals surface area contributed by atoms with Crippen molar-refractivity contribution < 1.29 is 17.9 Å². The molecule has 2 aliphatic heterocycles. The Morgan fingerprint density at radius 3 is 3.00 bits per heavy atom. The summed E-state index contributed by atoms with van der Waals surface area (Å²) in [6.45, 7) is 0.799. The molecule has 4 nitrogen and oxygen atoms in total. The van der Waals surface area contributed by atoms with E-state index in [1.807, 2.05) is 27.2 Å². The van der Waals surface area contributed by atoms with E-state index >= 15 is 0 Å². The number of hydrogen-bond donors (Lipinski definition) is 0. The highest BCUT2D eigenvalue weighted by Gasteiger charge is 2.35. The lowest BCUT2D eigenvalue weighted by Gasteiger charge is -2.22. The Kier molecular flexibility index (Phi) is 4.31. The van der Waals surface area contributed by atoms with E-state index in [-0.39, 0.29) is 5.75 Å². The monoisotopic (exact) mass is 467 g/mol. The van der Waals surface area contributed by atoms with Gasteiger partial charge in [0.15, 0.2) is 11.6 Å². The standard InChI is InChI=1S/C15H13F3IN3OS/c16-12-9(19)2-1-8-13(12)23-4-3-21-5-11(20-15(8)21)22-7-24-6-10(22)14(17)18/h1-2,5,10,14H,3-4,6-7H2/t10-/m0/s1. The summed E-state index contributed by atoms with van der Waals surface area (Å²) in [5, 5.41) is 0. The molecule has 24 heavy (non-hydrogen) atoms. The summed E-state index contributed by atoms with van der Waals surface area (Å²) in [6, 6.07) is 2.59. The molecule has 0 radical (unpaired) electrons. The highest BCUT2D eigenvalue weighted by atomic mass is 127. The van der Waals surface area contributed by atoms with Crippen LogP contribution in [0.5, 0.6) is 5.75 Å². The number of fused-ring (bicyclic) bond motifs is 3. The molecule has 1 atom stereocenters. The third-order valence-electron chi connectivity index (χ3n) is 4.14. The van der Waals surface area contributed by atoms with Crippen LogP contribution in [0.15, 0.2) is 18.3 Å². The van der Waals surface area contributed by atoms with Crippen molar-refractivity contribution in [2.45, 2.75) is 19.0 Å². The predicted molar refractivity (Wildman–Crippen MR) is 95.4 cm³/mol. The van der Waals surface area contributed by atoms with E-state index in [9.17, 15) is 13.2 Å². The molecular formula is C15H13F3IN3OS. The van der Waals surface area contributed by atoms with Crippen LogP contribution in [0.2, 0.25) is 0 Å². The molecule has 3 heterocycles. The molecule has 9 heteroatoms. The summed E-state index contributed by atoms with van der Waals surface area (Å²) in [7, 11) is 0. The quantitative estimate of drug-likeness (QED) is 0.629. The minimum atomic E-state index is -2.42. The van der Waals surface area contributed by atoms with Crippen LogP contribution < -0.4 is 9.64 Å². The van der Waals surface area contributed by atoms with Crippen LogP contribution in [0.1, 0.15) is 0 Å². The van der Waals surface area contributed by atoms with Gasteiger partial charge in [-0.15, -0.1) is 11.8 Å². The van der Waals surface area contributed by atoms with Crippen molar-refractivity contribution >= 4 is 40.2 Å². The molecule has 0 amide bonds. The Morgan fingerprint density at radius 1 is 1.38 bits per heavy atom. The lowest BCUT2D eigenvalue weighted by Crippen LogP contribution is -2.36. The first-order valence-electron chi connectivity index (χ1n) is 7.37. The van der Waals surface area contributed by atoms with Gasteiger partial charge in [0.05, 0.1) is 21.6 Å². The summed E-state index contributed by atoms with van der Waals surface area (Å²) in [6.07, 6.45) is -0.665. The summed E-state index contributed by atoms with van der Waals surface area (Å²) in [4.78, 5) is 6.16. The number of ether oxygens (including phenoxy) is 1. The molecule has 2 aliphatic rings. The summed E-state index contributed by atoms with van der Waals surface area (Å²) >= 11 is 3.38. The fourth-order valence-corrected chi connectivity index (χ4v) is 4.54. The van der Waals surface area contributed by atoms with Gasteiger partial charge in [0.2, 0.25) is 0 Å². The first-order valence-corrected chi connectivity index (χ1v) is 9.60.